The zero-order valence-electron chi connectivity index (χ0n) is 28.9. The summed E-state index contributed by atoms with van der Waals surface area (Å²) >= 11 is 0. The Morgan fingerprint density at radius 2 is 1.73 bits per heavy atom. The van der Waals surface area contributed by atoms with E-state index in [4.69, 9.17) is 14.2 Å². The van der Waals surface area contributed by atoms with Crippen molar-refractivity contribution in [2.45, 2.75) is 94.8 Å². The molecule has 4 aliphatic rings. The molecule has 16 nitrogen and oxygen atoms in total. The van der Waals surface area contributed by atoms with Gasteiger partial charge in [-0.25, -0.2) is 0 Å². The number of Topliss-reactive ketones (excluding diaryl/α,β-unsaturated/α-hetero) is 2. The minimum atomic E-state index is -2.36. The first-order chi connectivity index (χ1) is 24.5. The van der Waals surface area contributed by atoms with Gasteiger partial charge >= 0.3 is 0 Å². The fraction of sp³-hybridized carbons (Fsp3) is 0.500. The van der Waals surface area contributed by atoms with E-state index < -0.39 is 120 Å². The van der Waals surface area contributed by atoms with E-state index in [-0.39, 0.29) is 53.1 Å². The lowest BCUT2D eigenvalue weighted by Gasteiger charge is -2.42. The summed E-state index contributed by atoms with van der Waals surface area (Å²) in [5, 5.41) is 65.7. The van der Waals surface area contributed by atoms with Crippen molar-refractivity contribution in [3.8, 4) is 17.2 Å². The Bertz CT molecular complexity index is 1910. The number of β-amino-alcohol motifs (C(OH)–C–C–N with tert-alkyl or cyclic N) is 1. The minimum absolute atomic E-state index is 0.00865. The quantitative estimate of drug-likeness (QED) is 0.133. The van der Waals surface area contributed by atoms with Crippen LogP contribution in [-0.4, -0.2) is 133 Å². The number of rotatable bonds is 8. The number of aliphatic hydroxyl groups excluding tert-OH is 3. The molecule has 4 unspecified atom stereocenters. The molecule has 6 rings (SSSR count). The van der Waals surface area contributed by atoms with Crippen LogP contribution in [-0.2, 0) is 30.3 Å². The maximum Gasteiger partial charge on any atom is 0.220 e. The molecule has 2 aromatic rings. The molecule has 2 aliphatic carbocycles. The lowest BCUT2D eigenvalue weighted by atomic mass is 9.72. The molecule has 8 atom stereocenters. The molecule has 2 aromatic carbocycles. The fourth-order valence-electron chi connectivity index (χ4n) is 7.78. The van der Waals surface area contributed by atoms with E-state index in [9.17, 15) is 54.6 Å². The Morgan fingerprint density at radius 1 is 1.04 bits per heavy atom. The van der Waals surface area contributed by atoms with Crippen LogP contribution in [0.4, 0.5) is 0 Å². The van der Waals surface area contributed by atoms with Crippen molar-refractivity contribution in [3.05, 3.63) is 51.6 Å². The molecule has 1 amide bonds. The molecule has 0 aromatic heterocycles. The van der Waals surface area contributed by atoms with Gasteiger partial charge < -0.3 is 49.7 Å². The Kier molecular flexibility index (Phi) is 9.84. The number of benzene rings is 2. The molecule has 2 fully saturated rings. The summed E-state index contributed by atoms with van der Waals surface area (Å²) in [5.74, 6) is -5.06. The van der Waals surface area contributed by atoms with Crippen LogP contribution in [0.5, 0.6) is 17.2 Å². The second-order valence-corrected chi connectivity index (χ2v) is 13.7. The van der Waals surface area contributed by atoms with Gasteiger partial charge in [0, 0.05) is 55.8 Å². The number of amides is 1. The summed E-state index contributed by atoms with van der Waals surface area (Å²) in [6.45, 7) is 3.12. The summed E-state index contributed by atoms with van der Waals surface area (Å²) in [5.41, 5.74) is -4.17. The second kappa shape index (κ2) is 13.8. The van der Waals surface area contributed by atoms with Crippen LogP contribution in [0.3, 0.4) is 0 Å². The van der Waals surface area contributed by atoms with Crippen LogP contribution in [0.25, 0.3) is 0 Å². The third-order valence-electron chi connectivity index (χ3n) is 10.4. The molecule has 0 saturated carbocycles. The summed E-state index contributed by atoms with van der Waals surface area (Å²) in [7, 11) is 1.30. The van der Waals surface area contributed by atoms with Crippen LogP contribution in [0, 0.1) is 0 Å². The van der Waals surface area contributed by atoms with Crippen molar-refractivity contribution < 1.29 is 68.8 Å². The number of phenols is 2. The molecule has 0 bridgehead atoms. The minimum Gasteiger partial charge on any atom is -0.507 e. The molecule has 6 N–H and O–H groups in total. The summed E-state index contributed by atoms with van der Waals surface area (Å²) in [6.07, 6.45) is -7.27. The van der Waals surface area contributed by atoms with Crippen LogP contribution in [0.1, 0.15) is 89.1 Å². The highest BCUT2D eigenvalue weighted by molar-refractivity contribution is 6.41. The number of methoxy groups -OCH3 is 1. The van der Waals surface area contributed by atoms with Gasteiger partial charge in [0.05, 0.1) is 59.9 Å². The van der Waals surface area contributed by atoms with Crippen molar-refractivity contribution in [1.82, 2.24) is 4.90 Å². The number of fused-ring (bicyclic) bond motifs is 3. The lowest BCUT2D eigenvalue weighted by molar-refractivity contribution is -0.247. The van der Waals surface area contributed by atoms with E-state index in [0.29, 0.717) is 0 Å². The predicted molar refractivity (Wildman–Crippen MR) is 177 cm³/mol. The summed E-state index contributed by atoms with van der Waals surface area (Å²) in [4.78, 5) is 71.7. The van der Waals surface area contributed by atoms with Gasteiger partial charge in [0.25, 0.3) is 0 Å². The first-order valence-electron chi connectivity index (χ1n) is 16.8. The topological polar surface area (TPSA) is 250 Å². The average Bonchev–Trinajstić information content (AvgIpc) is 3.51. The Hall–Kier alpha value is -4.58. The fourth-order valence-corrected chi connectivity index (χ4v) is 7.78. The highest BCUT2D eigenvalue weighted by Crippen LogP contribution is 2.52. The SMILES string of the molecule is COc1cccc2c1C(=O)c1c(O)c3c(c(O)c1C2=O)C[C@@](O)(C(=O)CO)C[C@@H]3OC1CC(N=C(C)C(=O)[C@@H]2C[C@@H](O)CN2C(C)=O)C(O)C(C)O1. The molecule has 278 valence electrons. The molecular formula is C36H40N2O14. The smallest absolute Gasteiger partial charge is 0.220 e. The van der Waals surface area contributed by atoms with Crippen molar-refractivity contribution in [2.24, 2.45) is 4.99 Å². The number of carbonyl (C=O) groups is 5. The Balaban J connectivity index is 1.38. The zero-order valence-corrected chi connectivity index (χ0v) is 28.9. The highest BCUT2D eigenvalue weighted by atomic mass is 16.7. The first kappa shape index (κ1) is 37.2. The predicted octanol–water partition coefficient (Wildman–Crippen LogP) is 0.0543. The number of carbonyl (C=O) groups excluding carboxylic acids is 5. The number of aromatic hydroxyl groups is 2. The van der Waals surface area contributed by atoms with E-state index in [1.54, 1.807) is 0 Å². The van der Waals surface area contributed by atoms with E-state index in [2.05, 4.69) is 4.99 Å². The van der Waals surface area contributed by atoms with Gasteiger partial charge in [0.15, 0.2) is 23.6 Å². The molecule has 16 heteroatoms. The number of ketones is 4. The van der Waals surface area contributed by atoms with Crippen LogP contribution >= 0.6 is 0 Å². The van der Waals surface area contributed by atoms with Gasteiger partial charge in [0.2, 0.25) is 11.7 Å². The summed E-state index contributed by atoms with van der Waals surface area (Å²) in [6, 6.07) is 2.33. The number of hydrogen-bond donors (Lipinski definition) is 6. The molecule has 2 heterocycles. The average molecular weight is 725 g/mol. The maximum absolute atomic E-state index is 13.9. The number of likely N-dealkylation sites (tertiary alicyclic amines) is 1. The number of phenolic OH excluding ortho intramolecular Hbond substituents is 2. The van der Waals surface area contributed by atoms with Gasteiger partial charge in [-0.3, -0.25) is 29.0 Å². The van der Waals surface area contributed by atoms with E-state index >= 15 is 0 Å². The molecule has 52 heavy (non-hydrogen) atoms. The normalized spacial score (nSPS) is 30.0. The number of aliphatic imine (C=N–C) groups is 1. The standard InChI is InChI=1S/C36H40N2O14/c1-14(30(43)21-8-17(41)12-38(21)16(3)40)37-20-9-25(51-15(2)31(20)44)52-23-11-36(49,24(42)13-39)10-19-27(23)35(48)29-28(33(19)46)32(45)18-6-5-7-22(50-4)26(18)34(29)47/h5-7,15,17,20-21,23,25,31,39,41,44,46,48-49H,8-13H2,1-4H3/t15?,17-,20?,21+,23+,25?,31?,36+/m1/s1. The third-order valence-corrected chi connectivity index (χ3v) is 10.4. The van der Waals surface area contributed by atoms with Crippen LogP contribution < -0.4 is 4.74 Å². The third kappa shape index (κ3) is 6.08. The van der Waals surface area contributed by atoms with Crippen molar-refractivity contribution in [1.29, 1.82) is 0 Å². The van der Waals surface area contributed by atoms with E-state index in [1.807, 2.05) is 0 Å². The van der Waals surface area contributed by atoms with Crippen molar-refractivity contribution in [3.63, 3.8) is 0 Å². The Morgan fingerprint density at radius 3 is 2.38 bits per heavy atom. The van der Waals surface area contributed by atoms with Gasteiger partial charge in [-0.05, 0) is 19.9 Å². The lowest BCUT2D eigenvalue weighted by Crippen LogP contribution is -2.50. The monoisotopic (exact) mass is 724 g/mol. The Labute approximate surface area is 297 Å². The number of nitrogens with zero attached hydrogens (tertiary/aromatic N) is 2. The van der Waals surface area contributed by atoms with Gasteiger partial charge in [-0.1, -0.05) is 12.1 Å². The zero-order chi connectivity index (χ0) is 38.0. The maximum atomic E-state index is 13.9. The van der Waals surface area contributed by atoms with E-state index in [1.165, 1.54) is 51.0 Å². The largest absolute Gasteiger partial charge is 0.507 e. The molecular weight excluding hydrogens is 684 g/mol. The number of hydrogen-bond acceptors (Lipinski definition) is 15. The van der Waals surface area contributed by atoms with Crippen LogP contribution in [0.15, 0.2) is 23.2 Å². The molecule has 0 radical (unpaired) electrons. The van der Waals surface area contributed by atoms with Crippen molar-refractivity contribution >= 4 is 34.8 Å². The molecule has 0 spiro atoms. The van der Waals surface area contributed by atoms with Crippen LogP contribution in [0.2, 0.25) is 0 Å². The molecule has 2 aliphatic heterocycles. The first-order valence-corrected chi connectivity index (χ1v) is 16.8. The van der Waals surface area contributed by atoms with E-state index in [0.717, 1.165) is 0 Å². The summed E-state index contributed by atoms with van der Waals surface area (Å²) < 4.78 is 17.4. The number of aliphatic hydroxyl groups is 4. The highest BCUT2D eigenvalue weighted by Gasteiger charge is 2.50. The molecule has 2 saturated heterocycles. The number of ether oxygens (including phenoxy) is 3. The van der Waals surface area contributed by atoms with Gasteiger partial charge in [0.1, 0.15) is 35.6 Å². The van der Waals surface area contributed by atoms with Gasteiger partial charge in [-0.15, -0.1) is 0 Å². The second-order valence-electron chi connectivity index (χ2n) is 13.7. The van der Waals surface area contributed by atoms with Crippen molar-refractivity contribution in [2.75, 3.05) is 20.3 Å². The van der Waals surface area contributed by atoms with Gasteiger partial charge in [-0.2, -0.15) is 0 Å².